The van der Waals surface area contributed by atoms with Crippen molar-refractivity contribution in [1.29, 1.82) is 0 Å². The SMILES string of the molecule is CCOc1ccc(/C=N/NC(=O)COc2cccc(C(F)(F)F)c2)cc1. The number of hydrogen-bond acceptors (Lipinski definition) is 4. The Bertz CT molecular complexity index is 759. The van der Waals surface area contributed by atoms with E-state index >= 15 is 0 Å². The molecular formula is C18H17F3N2O3. The zero-order valence-electron chi connectivity index (χ0n) is 13.9. The average molecular weight is 366 g/mol. The van der Waals surface area contributed by atoms with E-state index in [1.54, 1.807) is 24.3 Å². The minimum Gasteiger partial charge on any atom is -0.494 e. The molecule has 0 unspecified atom stereocenters. The third-order valence-corrected chi connectivity index (χ3v) is 3.13. The standard InChI is InChI=1S/C18H17F3N2O3/c1-2-25-15-8-6-13(7-9-15)11-22-23-17(24)12-26-16-5-3-4-14(10-16)18(19,20)21/h3-11H,2,12H2,1H3,(H,23,24)/b22-11+. The van der Waals surface area contributed by atoms with E-state index in [2.05, 4.69) is 10.5 Å². The maximum atomic E-state index is 12.6. The molecule has 0 radical (unpaired) electrons. The molecule has 26 heavy (non-hydrogen) atoms. The highest BCUT2D eigenvalue weighted by Crippen LogP contribution is 2.31. The van der Waals surface area contributed by atoms with Gasteiger partial charge < -0.3 is 9.47 Å². The quantitative estimate of drug-likeness (QED) is 0.601. The minimum atomic E-state index is -4.47. The molecule has 0 saturated carbocycles. The lowest BCUT2D eigenvalue weighted by Gasteiger charge is -2.09. The summed E-state index contributed by atoms with van der Waals surface area (Å²) in [6, 6.07) is 11.4. The molecule has 0 aromatic heterocycles. The van der Waals surface area contributed by atoms with Crippen molar-refractivity contribution in [2.75, 3.05) is 13.2 Å². The van der Waals surface area contributed by atoms with E-state index in [0.29, 0.717) is 6.61 Å². The zero-order chi connectivity index (χ0) is 19.0. The minimum absolute atomic E-state index is 0.0505. The van der Waals surface area contributed by atoms with Crippen LogP contribution in [0.3, 0.4) is 0 Å². The first kappa shape index (κ1) is 19.3. The summed E-state index contributed by atoms with van der Waals surface area (Å²) in [5.41, 5.74) is 2.14. The third kappa shape index (κ3) is 6.12. The van der Waals surface area contributed by atoms with Crippen molar-refractivity contribution in [3.05, 3.63) is 59.7 Å². The summed E-state index contributed by atoms with van der Waals surface area (Å²) in [4.78, 5) is 11.6. The molecule has 1 N–H and O–H groups in total. The highest BCUT2D eigenvalue weighted by atomic mass is 19.4. The topological polar surface area (TPSA) is 59.9 Å². The van der Waals surface area contributed by atoms with Crippen molar-refractivity contribution in [3.8, 4) is 11.5 Å². The Morgan fingerprint density at radius 2 is 1.85 bits per heavy atom. The van der Waals surface area contributed by atoms with Crippen LogP contribution < -0.4 is 14.9 Å². The second kappa shape index (κ2) is 8.89. The van der Waals surface area contributed by atoms with Gasteiger partial charge in [0.2, 0.25) is 0 Å². The summed E-state index contributed by atoms with van der Waals surface area (Å²) in [6.45, 7) is 1.99. The molecule has 0 aliphatic rings. The van der Waals surface area contributed by atoms with Crippen LogP contribution in [0.15, 0.2) is 53.6 Å². The van der Waals surface area contributed by atoms with Gasteiger partial charge in [0, 0.05) is 0 Å². The van der Waals surface area contributed by atoms with Crippen LogP contribution >= 0.6 is 0 Å². The van der Waals surface area contributed by atoms with E-state index in [0.717, 1.165) is 23.4 Å². The van der Waals surface area contributed by atoms with Crippen LogP contribution in [-0.2, 0) is 11.0 Å². The van der Waals surface area contributed by atoms with Crippen LogP contribution in [0.1, 0.15) is 18.1 Å². The van der Waals surface area contributed by atoms with E-state index in [-0.39, 0.29) is 5.75 Å². The predicted molar refractivity (Wildman–Crippen MR) is 90.3 cm³/mol. The molecule has 8 heteroatoms. The van der Waals surface area contributed by atoms with Crippen LogP contribution in [0.4, 0.5) is 13.2 Å². The van der Waals surface area contributed by atoms with Gasteiger partial charge in [0.1, 0.15) is 11.5 Å². The van der Waals surface area contributed by atoms with Gasteiger partial charge in [0.15, 0.2) is 6.61 Å². The number of alkyl halides is 3. The van der Waals surface area contributed by atoms with Crippen molar-refractivity contribution < 1.29 is 27.4 Å². The van der Waals surface area contributed by atoms with Gasteiger partial charge in [0.25, 0.3) is 5.91 Å². The number of rotatable bonds is 7. The van der Waals surface area contributed by atoms with Gasteiger partial charge in [-0.05, 0) is 55.0 Å². The van der Waals surface area contributed by atoms with Crippen LogP contribution in [0.2, 0.25) is 0 Å². The van der Waals surface area contributed by atoms with Crippen LogP contribution in [0, 0.1) is 0 Å². The van der Waals surface area contributed by atoms with Crippen molar-refractivity contribution in [1.82, 2.24) is 5.43 Å². The van der Waals surface area contributed by atoms with Crippen LogP contribution in [0.5, 0.6) is 11.5 Å². The largest absolute Gasteiger partial charge is 0.494 e. The fourth-order valence-corrected chi connectivity index (χ4v) is 1.94. The molecule has 0 saturated heterocycles. The van der Waals surface area contributed by atoms with E-state index in [9.17, 15) is 18.0 Å². The molecule has 0 aliphatic heterocycles. The molecule has 0 bridgehead atoms. The number of hydrazone groups is 1. The monoisotopic (exact) mass is 366 g/mol. The van der Waals surface area contributed by atoms with Crippen molar-refractivity contribution in [2.45, 2.75) is 13.1 Å². The Morgan fingerprint density at radius 3 is 2.50 bits per heavy atom. The second-order valence-corrected chi connectivity index (χ2v) is 5.11. The van der Waals surface area contributed by atoms with Crippen LogP contribution in [-0.4, -0.2) is 25.3 Å². The third-order valence-electron chi connectivity index (χ3n) is 3.13. The van der Waals surface area contributed by atoms with Gasteiger partial charge in [-0.15, -0.1) is 0 Å². The van der Waals surface area contributed by atoms with Crippen molar-refractivity contribution in [2.24, 2.45) is 5.10 Å². The Balaban J connectivity index is 1.82. The van der Waals surface area contributed by atoms with Gasteiger partial charge in [-0.3, -0.25) is 4.79 Å². The Kier molecular flexibility index (Phi) is 6.60. The lowest BCUT2D eigenvalue weighted by molar-refractivity contribution is -0.137. The van der Waals surface area contributed by atoms with E-state index < -0.39 is 24.3 Å². The second-order valence-electron chi connectivity index (χ2n) is 5.11. The van der Waals surface area contributed by atoms with Crippen molar-refractivity contribution in [3.63, 3.8) is 0 Å². The van der Waals surface area contributed by atoms with Crippen LogP contribution in [0.25, 0.3) is 0 Å². The van der Waals surface area contributed by atoms with Gasteiger partial charge in [-0.1, -0.05) is 6.07 Å². The predicted octanol–water partition coefficient (Wildman–Crippen LogP) is 3.63. The number of halogens is 3. The maximum Gasteiger partial charge on any atom is 0.416 e. The Hall–Kier alpha value is -3.03. The lowest BCUT2D eigenvalue weighted by Crippen LogP contribution is -2.24. The number of ether oxygens (including phenoxy) is 2. The van der Waals surface area contributed by atoms with Gasteiger partial charge in [-0.2, -0.15) is 18.3 Å². The summed E-state index contributed by atoms with van der Waals surface area (Å²) < 4.78 is 48.2. The molecule has 0 heterocycles. The number of carbonyl (C=O) groups is 1. The summed E-state index contributed by atoms with van der Waals surface area (Å²) in [5.74, 6) is 0.0817. The van der Waals surface area contributed by atoms with E-state index in [1.165, 1.54) is 18.3 Å². The molecule has 2 aromatic rings. The average Bonchev–Trinajstić information content (AvgIpc) is 2.61. The molecule has 0 aliphatic carbocycles. The molecule has 2 aromatic carbocycles. The normalized spacial score (nSPS) is 11.4. The maximum absolute atomic E-state index is 12.6. The number of nitrogens with zero attached hydrogens (tertiary/aromatic N) is 1. The first-order valence-corrected chi connectivity index (χ1v) is 7.73. The molecule has 0 fully saturated rings. The highest BCUT2D eigenvalue weighted by Gasteiger charge is 2.30. The summed E-state index contributed by atoms with van der Waals surface area (Å²) in [7, 11) is 0. The summed E-state index contributed by atoms with van der Waals surface area (Å²) in [6.07, 6.45) is -3.04. The molecule has 0 spiro atoms. The van der Waals surface area contributed by atoms with Gasteiger partial charge >= 0.3 is 6.18 Å². The first-order valence-electron chi connectivity index (χ1n) is 7.73. The number of hydrogen-bond donors (Lipinski definition) is 1. The van der Waals surface area contributed by atoms with Crippen molar-refractivity contribution >= 4 is 12.1 Å². The number of nitrogens with one attached hydrogen (secondary N) is 1. The zero-order valence-corrected chi connectivity index (χ0v) is 13.9. The molecule has 138 valence electrons. The highest BCUT2D eigenvalue weighted by molar-refractivity contribution is 5.83. The van der Waals surface area contributed by atoms with Gasteiger partial charge in [0.05, 0.1) is 18.4 Å². The summed E-state index contributed by atoms with van der Waals surface area (Å²) >= 11 is 0. The van der Waals surface area contributed by atoms with Gasteiger partial charge in [-0.25, -0.2) is 5.43 Å². The van der Waals surface area contributed by atoms with E-state index in [4.69, 9.17) is 9.47 Å². The lowest BCUT2D eigenvalue weighted by atomic mass is 10.2. The smallest absolute Gasteiger partial charge is 0.416 e. The number of benzene rings is 2. The molecule has 5 nitrogen and oxygen atoms in total. The molecule has 0 atom stereocenters. The fraction of sp³-hybridized carbons (Fsp3) is 0.222. The molecule has 1 amide bonds. The number of carbonyl (C=O) groups excluding carboxylic acids is 1. The first-order chi connectivity index (χ1) is 12.4. The number of amides is 1. The van der Waals surface area contributed by atoms with E-state index in [1.807, 2.05) is 6.92 Å². The fourth-order valence-electron chi connectivity index (χ4n) is 1.94. The Labute approximate surface area is 148 Å². The molecule has 2 rings (SSSR count). The summed E-state index contributed by atoms with van der Waals surface area (Å²) in [5, 5.41) is 3.76. The Morgan fingerprint density at radius 1 is 1.12 bits per heavy atom. The molecular weight excluding hydrogens is 349 g/mol.